The van der Waals surface area contributed by atoms with Gasteiger partial charge < -0.3 is 9.47 Å². The van der Waals surface area contributed by atoms with Crippen LogP contribution in [0, 0.1) is 0 Å². The van der Waals surface area contributed by atoms with Crippen LogP contribution in [0.25, 0.3) is 26.9 Å². The number of rotatable bonds is 7. The van der Waals surface area contributed by atoms with Crippen LogP contribution in [0.2, 0.25) is 0 Å². The Morgan fingerprint density at radius 1 is 1.10 bits per heavy atom. The van der Waals surface area contributed by atoms with E-state index in [0.717, 1.165) is 21.5 Å². The van der Waals surface area contributed by atoms with E-state index in [-0.39, 0.29) is 5.56 Å². The third-order valence-electron chi connectivity index (χ3n) is 4.92. The Morgan fingerprint density at radius 3 is 2.87 bits per heavy atom. The highest BCUT2D eigenvalue weighted by molar-refractivity contribution is 7.12. The van der Waals surface area contributed by atoms with Gasteiger partial charge in [-0.25, -0.2) is 4.68 Å². The second-order valence-electron chi connectivity index (χ2n) is 6.96. The van der Waals surface area contributed by atoms with E-state index in [2.05, 4.69) is 15.3 Å². The molecule has 0 saturated heterocycles. The number of benzene rings is 1. The van der Waals surface area contributed by atoms with Gasteiger partial charge in [0, 0.05) is 18.7 Å². The summed E-state index contributed by atoms with van der Waals surface area (Å²) in [5.41, 5.74) is 2.77. The molecule has 0 fully saturated rings. The molecule has 4 aromatic heterocycles. The molecule has 0 aliphatic rings. The van der Waals surface area contributed by atoms with E-state index < -0.39 is 0 Å². The monoisotopic (exact) mass is 433 g/mol. The Labute approximate surface area is 181 Å². The van der Waals surface area contributed by atoms with Crippen molar-refractivity contribution in [3.05, 3.63) is 76.2 Å². The van der Waals surface area contributed by atoms with Crippen LogP contribution in [0.5, 0.6) is 5.75 Å². The number of hydrogen-bond donors (Lipinski definition) is 0. The van der Waals surface area contributed by atoms with Gasteiger partial charge >= 0.3 is 0 Å². The number of thiophene rings is 1. The number of methoxy groups -OCH3 is 1. The van der Waals surface area contributed by atoms with Crippen molar-refractivity contribution in [3.63, 3.8) is 0 Å². The van der Waals surface area contributed by atoms with Crippen molar-refractivity contribution < 1.29 is 9.47 Å². The highest BCUT2D eigenvalue weighted by Crippen LogP contribution is 2.21. The summed E-state index contributed by atoms with van der Waals surface area (Å²) in [7, 11) is 1.64. The molecule has 0 spiro atoms. The summed E-state index contributed by atoms with van der Waals surface area (Å²) in [5.74, 6) is 0.687. The Kier molecular flexibility index (Phi) is 5.19. The predicted octanol–water partition coefficient (Wildman–Crippen LogP) is 3.27. The molecule has 0 saturated carbocycles. The third kappa shape index (κ3) is 3.80. The third-order valence-corrected chi connectivity index (χ3v) is 5.78. The van der Waals surface area contributed by atoms with Crippen LogP contribution in [0.15, 0.2) is 65.0 Å². The van der Waals surface area contributed by atoms with Crippen LogP contribution in [0.4, 0.5) is 0 Å². The summed E-state index contributed by atoms with van der Waals surface area (Å²) in [6, 6.07) is 13.6. The van der Waals surface area contributed by atoms with Gasteiger partial charge in [0.2, 0.25) is 0 Å². The summed E-state index contributed by atoms with van der Waals surface area (Å²) in [4.78, 5) is 17.6. The largest absolute Gasteiger partial charge is 0.490 e. The first-order valence-electron chi connectivity index (χ1n) is 9.72. The summed E-state index contributed by atoms with van der Waals surface area (Å²) >= 11 is 1.51. The Balaban J connectivity index is 1.49. The highest BCUT2D eigenvalue weighted by Gasteiger charge is 2.13. The van der Waals surface area contributed by atoms with Crippen molar-refractivity contribution >= 4 is 33.3 Å². The zero-order valence-corrected chi connectivity index (χ0v) is 17.6. The number of nitrogens with zero attached hydrogens (tertiary/aromatic N) is 5. The molecule has 5 aromatic rings. The summed E-state index contributed by atoms with van der Waals surface area (Å²) in [6.07, 6.45) is 3.44. The minimum absolute atomic E-state index is 0.138. The molecule has 5 rings (SSSR count). The van der Waals surface area contributed by atoms with Crippen LogP contribution in [-0.2, 0) is 11.3 Å². The van der Waals surface area contributed by atoms with Crippen molar-refractivity contribution in [1.29, 1.82) is 0 Å². The second-order valence-corrected chi connectivity index (χ2v) is 7.89. The second kappa shape index (κ2) is 8.29. The first-order valence-corrected chi connectivity index (χ1v) is 10.6. The molecule has 0 aliphatic heterocycles. The number of hydrogen-bond acceptors (Lipinski definition) is 7. The minimum atomic E-state index is -0.138. The summed E-state index contributed by atoms with van der Waals surface area (Å²) in [6.45, 7) is 1.40. The molecule has 0 bridgehead atoms. The lowest BCUT2D eigenvalue weighted by Gasteiger charge is -2.08. The fourth-order valence-corrected chi connectivity index (χ4v) is 4.14. The Morgan fingerprint density at radius 2 is 2.03 bits per heavy atom. The van der Waals surface area contributed by atoms with E-state index in [1.165, 1.54) is 11.3 Å². The van der Waals surface area contributed by atoms with E-state index in [9.17, 15) is 4.79 Å². The lowest BCUT2D eigenvalue weighted by Crippen LogP contribution is -2.19. The SMILES string of the molecule is COCCOc1cnc2ccc(Cn3nnc4ccn(-c5cccs5)c(=O)c43)cc2c1. The van der Waals surface area contributed by atoms with Gasteiger partial charge in [-0.15, -0.1) is 16.4 Å². The smallest absolute Gasteiger partial charge is 0.283 e. The standard InChI is InChI=1S/C22H19N5O3S/c1-29-8-9-30-17-12-16-11-15(4-5-18(16)23-13-17)14-27-21-19(24-25-27)6-7-26(22(21)28)20-3-2-10-31-20/h2-7,10-13H,8-9,14H2,1H3. The van der Waals surface area contributed by atoms with Crippen LogP contribution >= 0.6 is 11.3 Å². The number of pyridine rings is 2. The van der Waals surface area contributed by atoms with Crippen LogP contribution in [-0.4, -0.2) is 44.9 Å². The maximum atomic E-state index is 13.1. The molecular formula is C22H19N5O3S. The van der Waals surface area contributed by atoms with E-state index in [1.54, 1.807) is 28.8 Å². The van der Waals surface area contributed by atoms with Gasteiger partial charge in [-0.3, -0.25) is 14.3 Å². The molecule has 0 N–H and O–H groups in total. The lowest BCUT2D eigenvalue weighted by atomic mass is 10.1. The van der Waals surface area contributed by atoms with Gasteiger partial charge in [-0.05, 0) is 47.3 Å². The first kappa shape index (κ1) is 19.4. The normalized spacial score (nSPS) is 11.4. The van der Waals surface area contributed by atoms with Crippen LogP contribution in [0.3, 0.4) is 0 Å². The average Bonchev–Trinajstić information content (AvgIpc) is 3.45. The molecule has 0 atom stereocenters. The molecular weight excluding hydrogens is 414 g/mol. The predicted molar refractivity (Wildman–Crippen MR) is 119 cm³/mol. The van der Waals surface area contributed by atoms with Gasteiger partial charge in [0.25, 0.3) is 5.56 Å². The highest BCUT2D eigenvalue weighted by atomic mass is 32.1. The molecule has 4 heterocycles. The number of fused-ring (bicyclic) bond motifs is 2. The van der Waals surface area contributed by atoms with Crippen molar-refractivity contribution in [2.24, 2.45) is 0 Å². The maximum Gasteiger partial charge on any atom is 0.283 e. The van der Waals surface area contributed by atoms with Gasteiger partial charge in [-0.2, -0.15) is 0 Å². The van der Waals surface area contributed by atoms with Gasteiger partial charge in [-0.1, -0.05) is 11.3 Å². The Bertz CT molecular complexity index is 1410. The number of ether oxygens (including phenoxy) is 2. The fourth-order valence-electron chi connectivity index (χ4n) is 3.43. The van der Waals surface area contributed by atoms with Gasteiger partial charge in [0.1, 0.15) is 22.9 Å². The molecule has 0 unspecified atom stereocenters. The van der Waals surface area contributed by atoms with E-state index in [4.69, 9.17) is 9.47 Å². The molecule has 31 heavy (non-hydrogen) atoms. The minimum Gasteiger partial charge on any atom is -0.490 e. The molecule has 0 aliphatic carbocycles. The maximum absolute atomic E-state index is 13.1. The molecule has 156 valence electrons. The molecule has 9 heteroatoms. The lowest BCUT2D eigenvalue weighted by molar-refractivity contribution is 0.146. The zero-order valence-electron chi connectivity index (χ0n) is 16.8. The average molecular weight is 433 g/mol. The first-order chi connectivity index (χ1) is 15.2. The fraction of sp³-hybridized carbons (Fsp3) is 0.182. The quantitative estimate of drug-likeness (QED) is 0.366. The number of aromatic nitrogens is 5. The molecule has 8 nitrogen and oxygen atoms in total. The van der Waals surface area contributed by atoms with Crippen molar-refractivity contribution in [2.45, 2.75) is 6.54 Å². The van der Waals surface area contributed by atoms with E-state index in [0.29, 0.717) is 36.5 Å². The molecule has 0 amide bonds. The van der Waals surface area contributed by atoms with Gasteiger partial charge in [0.15, 0.2) is 5.52 Å². The van der Waals surface area contributed by atoms with Gasteiger partial charge in [0.05, 0.1) is 24.9 Å². The zero-order chi connectivity index (χ0) is 21.2. The van der Waals surface area contributed by atoms with Crippen molar-refractivity contribution in [3.8, 4) is 10.8 Å². The van der Waals surface area contributed by atoms with E-state index >= 15 is 0 Å². The molecule has 1 aromatic carbocycles. The van der Waals surface area contributed by atoms with Crippen molar-refractivity contribution in [1.82, 2.24) is 24.5 Å². The summed E-state index contributed by atoms with van der Waals surface area (Å²) in [5, 5.41) is 12.2. The van der Waals surface area contributed by atoms with Crippen LogP contribution < -0.4 is 10.3 Å². The topological polar surface area (TPSA) is 84.1 Å². The van der Waals surface area contributed by atoms with E-state index in [1.807, 2.05) is 47.8 Å². The van der Waals surface area contributed by atoms with Crippen LogP contribution in [0.1, 0.15) is 5.56 Å². The Hall–Kier alpha value is -3.56. The van der Waals surface area contributed by atoms with Crippen molar-refractivity contribution in [2.75, 3.05) is 20.3 Å². The summed E-state index contributed by atoms with van der Waals surface area (Å²) < 4.78 is 14.0. The molecule has 0 radical (unpaired) electrons.